The number of aryl methyl sites for hydroxylation is 1. The van der Waals surface area contributed by atoms with Gasteiger partial charge in [-0.25, -0.2) is 13.2 Å². The zero-order chi connectivity index (χ0) is 23.4. The fourth-order valence-electron chi connectivity index (χ4n) is 2.88. The van der Waals surface area contributed by atoms with Crippen LogP contribution in [0.15, 0.2) is 59.5 Å². The van der Waals surface area contributed by atoms with Crippen molar-refractivity contribution in [1.29, 1.82) is 0 Å². The number of ether oxygens (including phenoxy) is 2. The molecular formula is C23H30N2O6S. The molecule has 32 heavy (non-hydrogen) atoms. The van der Waals surface area contributed by atoms with Gasteiger partial charge in [-0.1, -0.05) is 48.0 Å². The van der Waals surface area contributed by atoms with Crippen molar-refractivity contribution in [2.45, 2.75) is 50.7 Å². The van der Waals surface area contributed by atoms with Crippen LogP contribution in [0.2, 0.25) is 0 Å². The highest BCUT2D eigenvalue weighted by Gasteiger charge is 2.26. The van der Waals surface area contributed by atoms with Crippen molar-refractivity contribution < 1.29 is 27.5 Å². The Morgan fingerprint density at radius 1 is 0.969 bits per heavy atom. The molecule has 2 N–H and O–H groups in total. The van der Waals surface area contributed by atoms with E-state index in [1.54, 1.807) is 19.1 Å². The highest BCUT2D eigenvalue weighted by atomic mass is 32.2. The minimum atomic E-state index is -3.87. The molecule has 9 heteroatoms. The third kappa shape index (κ3) is 8.68. The maximum atomic E-state index is 12.6. The maximum absolute atomic E-state index is 12.6. The third-order valence-electron chi connectivity index (χ3n) is 4.60. The van der Waals surface area contributed by atoms with Gasteiger partial charge in [-0.05, 0) is 50.8 Å². The summed E-state index contributed by atoms with van der Waals surface area (Å²) in [6.07, 6.45) is 0.752. The molecule has 0 aliphatic carbocycles. The molecule has 0 saturated carbocycles. The number of unbranched alkanes of at least 4 members (excludes halogenated alkanes) is 1. The average Bonchev–Trinajstić information content (AvgIpc) is 2.77. The first kappa shape index (κ1) is 25.4. The van der Waals surface area contributed by atoms with E-state index in [1.165, 1.54) is 12.1 Å². The van der Waals surface area contributed by atoms with E-state index in [0.717, 1.165) is 11.1 Å². The standard InChI is InChI=1S/C23H30N2O6S/c1-3-30-22(26)21(25-32(28,29)20-14-12-18(2)13-15-20)11-7-8-16-24-23(27)31-17-19-9-5-4-6-10-19/h4-6,9-10,12-15,21,25H,3,7-8,11,16-17H2,1-2H3,(H,24,27). The number of carbonyl (C=O) groups is 2. The van der Waals surface area contributed by atoms with Crippen LogP contribution in [0.5, 0.6) is 0 Å². The molecule has 0 aliphatic rings. The summed E-state index contributed by atoms with van der Waals surface area (Å²) in [4.78, 5) is 24.1. The molecule has 0 fully saturated rings. The molecule has 0 heterocycles. The van der Waals surface area contributed by atoms with Crippen LogP contribution in [-0.2, 0) is 30.9 Å². The summed E-state index contributed by atoms with van der Waals surface area (Å²) in [5.74, 6) is -0.626. The van der Waals surface area contributed by atoms with Gasteiger partial charge < -0.3 is 14.8 Å². The van der Waals surface area contributed by atoms with Crippen LogP contribution in [-0.4, -0.2) is 39.7 Å². The first-order valence-corrected chi connectivity index (χ1v) is 12.0. The highest BCUT2D eigenvalue weighted by molar-refractivity contribution is 7.89. The van der Waals surface area contributed by atoms with Crippen LogP contribution in [0, 0.1) is 6.92 Å². The van der Waals surface area contributed by atoms with Crippen molar-refractivity contribution in [1.82, 2.24) is 10.0 Å². The number of carbonyl (C=O) groups excluding carboxylic acids is 2. The monoisotopic (exact) mass is 462 g/mol. The lowest BCUT2D eigenvalue weighted by molar-refractivity contribution is -0.145. The quantitative estimate of drug-likeness (QED) is 0.370. The second-order valence-electron chi connectivity index (χ2n) is 7.22. The van der Waals surface area contributed by atoms with Crippen molar-refractivity contribution in [3.8, 4) is 0 Å². The lowest BCUT2D eigenvalue weighted by atomic mass is 10.1. The van der Waals surface area contributed by atoms with Gasteiger partial charge in [0.25, 0.3) is 0 Å². The topological polar surface area (TPSA) is 111 Å². The van der Waals surface area contributed by atoms with Crippen molar-refractivity contribution >= 4 is 22.1 Å². The number of amides is 1. The van der Waals surface area contributed by atoms with E-state index in [9.17, 15) is 18.0 Å². The van der Waals surface area contributed by atoms with Gasteiger partial charge >= 0.3 is 12.1 Å². The van der Waals surface area contributed by atoms with E-state index in [4.69, 9.17) is 9.47 Å². The van der Waals surface area contributed by atoms with E-state index in [-0.39, 0.29) is 24.5 Å². The summed E-state index contributed by atoms with van der Waals surface area (Å²) < 4.78 is 37.9. The highest BCUT2D eigenvalue weighted by Crippen LogP contribution is 2.13. The lowest BCUT2D eigenvalue weighted by Gasteiger charge is -2.17. The molecule has 0 bridgehead atoms. The van der Waals surface area contributed by atoms with E-state index < -0.39 is 28.1 Å². The normalized spacial score (nSPS) is 12.1. The minimum absolute atomic E-state index is 0.0835. The molecule has 2 aromatic carbocycles. The van der Waals surface area contributed by atoms with Gasteiger partial charge in [0.05, 0.1) is 11.5 Å². The van der Waals surface area contributed by atoms with Gasteiger partial charge in [-0.3, -0.25) is 4.79 Å². The minimum Gasteiger partial charge on any atom is -0.465 e. The first-order chi connectivity index (χ1) is 15.3. The van der Waals surface area contributed by atoms with Crippen molar-refractivity contribution in [3.05, 3.63) is 65.7 Å². The summed E-state index contributed by atoms with van der Waals surface area (Å²) in [6.45, 7) is 4.19. The number of esters is 1. The Kier molecular flexibility index (Phi) is 10.2. The molecule has 1 unspecified atom stereocenters. The Balaban J connectivity index is 1.80. The van der Waals surface area contributed by atoms with Gasteiger partial charge in [-0.2, -0.15) is 4.72 Å². The molecule has 0 aromatic heterocycles. The molecule has 2 rings (SSSR count). The molecule has 0 radical (unpaired) electrons. The SMILES string of the molecule is CCOC(=O)C(CCCCNC(=O)OCc1ccccc1)NS(=O)(=O)c1ccc(C)cc1. The molecule has 1 amide bonds. The maximum Gasteiger partial charge on any atom is 0.407 e. The molecule has 2 aromatic rings. The van der Waals surface area contributed by atoms with Gasteiger partial charge in [-0.15, -0.1) is 0 Å². The molecule has 174 valence electrons. The van der Waals surface area contributed by atoms with E-state index >= 15 is 0 Å². The summed E-state index contributed by atoms with van der Waals surface area (Å²) in [7, 11) is -3.87. The van der Waals surface area contributed by atoms with E-state index in [2.05, 4.69) is 10.0 Å². The summed E-state index contributed by atoms with van der Waals surface area (Å²) >= 11 is 0. The molecule has 0 saturated heterocycles. The Morgan fingerprint density at radius 2 is 1.66 bits per heavy atom. The number of rotatable bonds is 12. The van der Waals surface area contributed by atoms with Gasteiger partial charge in [0.1, 0.15) is 12.6 Å². The Labute approximate surface area is 189 Å². The van der Waals surface area contributed by atoms with Crippen LogP contribution in [0.25, 0.3) is 0 Å². The molecular weight excluding hydrogens is 432 g/mol. The molecule has 1 atom stereocenters. The third-order valence-corrected chi connectivity index (χ3v) is 6.09. The molecule has 0 aliphatic heterocycles. The fourth-order valence-corrected chi connectivity index (χ4v) is 4.10. The zero-order valence-electron chi connectivity index (χ0n) is 18.4. The second-order valence-corrected chi connectivity index (χ2v) is 8.94. The predicted molar refractivity (Wildman–Crippen MR) is 120 cm³/mol. The smallest absolute Gasteiger partial charge is 0.407 e. The van der Waals surface area contributed by atoms with Gasteiger partial charge in [0, 0.05) is 6.54 Å². The summed E-state index contributed by atoms with van der Waals surface area (Å²) in [6, 6.07) is 14.7. The van der Waals surface area contributed by atoms with Crippen LogP contribution in [0.4, 0.5) is 4.79 Å². The second kappa shape index (κ2) is 12.8. The fraction of sp³-hybridized carbons (Fsp3) is 0.391. The molecule has 8 nitrogen and oxygen atoms in total. The number of sulfonamides is 1. The van der Waals surface area contributed by atoms with Crippen molar-refractivity contribution in [2.75, 3.05) is 13.2 Å². The summed E-state index contributed by atoms with van der Waals surface area (Å²) in [5.41, 5.74) is 1.82. The Hall–Kier alpha value is -2.91. The largest absolute Gasteiger partial charge is 0.465 e. The van der Waals surface area contributed by atoms with Crippen LogP contribution < -0.4 is 10.0 Å². The van der Waals surface area contributed by atoms with Crippen LogP contribution in [0.1, 0.15) is 37.3 Å². The van der Waals surface area contributed by atoms with Crippen LogP contribution in [0.3, 0.4) is 0 Å². The van der Waals surface area contributed by atoms with Crippen molar-refractivity contribution in [2.24, 2.45) is 0 Å². The average molecular weight is 463 g/mol. The number of alkyl carbamates (subject to hydrolysis) is 1. The van der Waals surface area contributed by atoms with E-state index in [0.29, 0.717) is 19.4 Å². The van der Waals surface area contributed by atoms with Gasteiger partial charge in [0.2, 0.25) is 10.0 Å². The first-order valence-electron chi connectivity index (χ1n) is 10.5. The van der Waals surface area contributed by atoms with Crippen LogP contribution >= 0.6 is 0 Å². The Morgan fingerprint density at radius 3 is 2.31 bits per heavy atom. The Bertz CT molecular complexity index is 962. The van der Waals surface area contributed by atoms with E-state index in [1.807, 2.05) is 37.3 Å². The number of hydrogen-bond acceptors (Lipinski definition) is 6. The number of hydrogen-bond donors (Lipinski definition) is 2. The number of nitrogens with one attached hydrogen (secondary N) is 2. The van der Waals surface area contributed by atoms with Gasteiger partial charge in [0.15, 0.2) is 0 Å². The number of benzene rings is 2. The zero-order valence-corrected chi connectivity index (χ0v) is 19.2. The van der Waals surface area contributed by atoms with Crippen molar-refractivity contribution in [3.63, 3.8) is 0 Å². The lowest BCUT2D eigenvalue weighted by Crippen LogP contribution is -2.41. The summed E-state index contributed by atoms with van der Waals surface area (Å²) in [5, 5.41) is 2.64. The predicted octanol–water partition coefficient (Wildman–Crippen LogP) is 3.30. The molecule has 0 spiro atoms.